The van der Waals surface area contributed by atoms with Crippen molar-refractivity contribution in [2.75, 3.05) is 19.6 Å². The third kappa shape index (κ3) is 4.69. The van der Waals surface area contributed by atoms with Gasteiger partial charge in [-0.2, -0.15) is 0 Å². The SMILES string of the molecule is CCN(CC)CCCCC(=O)c1ccc2c(n1)sc1nc(-c3ccc(CN)cc3)cn12. The van der Waals surface area contributed by atoms with Gasteiger partial charge in [0.05, 0.1) is 11.2 Å². The molecular weight excluding hydrogens is 406 g/mol. The number of fused-ring (bicyclic) bond motifs is 3. The second kappa shape index (κ2) is 9.68. The van der Waals surface area contributed by atoms with E-state index in [-0.39, 0.29) is 5.78 Å². The predicted octanol–water partition coefficient (Wildman–Crippen LogP) is 4.76. The van der Waals surface area contributed by atoms with Crippen molar-refractivity contribution in [2.24, 2.45) is 5.73 Å². The van der Waals surface area contributed by atoms with E-state index in [9.17, 15) is 4.79 Å². The Hall–Kier alpha value is -2.61. The van der Waals surface area contributed by atoms with Crippen LogP contribution in [0.4, 0.5) is 0 Å². The topological polar surface area (TPSA) is 76.5 Å². The monoisotopic (exact) mass is 435 g/mol. The molecule has 0 radical (unpaired) electrons. The number of pyridine rings is 1. The van der Waals surface area contributed by atoms with Gasteiger partial charge in [-0.1, -0.05) is 49.4 Å². The van der Waals surface area contributed by atoms with Crippen molar-refractivity contribution in [3.8, 4) is 11.3 Å². The molecule has 0 aliphatic rings. The molecule has 0 spiro atoms. The fourth-order valence-electron chi connectivity index (χ4n) is 3.78. The van der Waals surface area contributed by atoms with Gasteiger partial charge in [-0.15, -0.1) is 0 Å². The Morgan fingerprint density at radius 2 is 1.84 bits per heavy atom. The zero-order valence-corrected chi connectivity index (χ0v) is 19.0. The van der Waals surface area contributed by atoms with E-state index in [2.05, 4.69) is 28.1 Å². The van der Waals surface area contributed by atoms with Crippen molar-refractivity contribution in [3.05, 3.63) is 53.9 Å². The summed E-state index contributed by atoms with van der Waals surface area (Å²) in [5, 5.41) is 0. The Morgan fingerprint density at radius 3 is 2.55 bits per heavy atom. The summed E-state index contributed by atoms with van der Waals surface area (Å²) in [7, 11) is 0. The molecule has 31 heavy (non-hydrogen) atoms. The lowest BCUT2D eigenvalue weighted by Crippen LogP contribution is -2.24. The van der Waals surface area contributed by atoms with Crippen LogP contribution in [-0.2, 0) is 6.54 Å². The highest BCUT2D eigenvalue weighted by atomic mass is 32.1. The Kier molecular flexibility index (Phi) is 6.75. The van der Waals surface area contributed by atoms with Crippen LogP contribution in [0.2, 0.25) is 0 Å². The van der Waals surface area contributed by atoms with Crippen molar-refractivity contribution in [2.45, 2.75) is 39.7 Å². The summed E-state index contributed by atoms with van der Waals surface area (Å²) in [6, 6.07) is 12.0. The molecule has 0 amide bonds. The van der Waals surface area contributed by atoms with Crippen LogP contribution in [-0.4, -0.2) is 44.7 Å². The number of benzene rings is 1. The number of aromatic nitrogens is 3. The Balaban J connectivity index is 1.47. The lowest BCUT2D eigenvalue weighted by Gasteiger charge is -2.17. The van der Waals surface area contributed by atoms with Crippen molar-refractivity contribution in [3.63, 3.8) is 0 Å². The summed E-state index contributed by atoms with van der Waals surface area (Å²) in [5.74, 6) is 0.119. The molecule has 0 atom stereocenters. The molecule has 0 saturated carbocycles. The van der Waals surface area contributed by atoms with Crippen LogP contribution in [0.1, 0.15) is 49.2 Å². The van der Waals surface area contributed by atoms with Crippen molar-refractivity contribution < 1.29 is 4.79 Å². The maximum absolute atomic E-state index is 12.6. The summed E-state index contributed by atoms with van der Waals surface area (Å²) in [6.45, 7) is 8.05. The molecule has 3 heterocycles. The van der Waals surface area contributed by atoms with Gasteiger partial charge in [-0.25, -0.2) is 9.97 Å². The molecule has 0 saturated heterocycles. The number of thiazole rings is 1. The fraction of sp³-hybridized carbons (Fsp3) is 0.375. The third-order valence-electron chi connectivity index (χ3n) is 5.75. The van der Waals surface area contributed by atoms with Crippen LogP contribution in [0.15, 0.2) is 42.6 Å². The number of imidazole rings is 1. The molecule has 6 nitrogen and oxygen atoms in total. The zero-order chi connectivity index (χ0) is 21.8. The fourth-order valence-corrected chi connectivity index (χ4v) is 4.76. The van der Waals surface area contributed by atoms with E-state index in [1.54, 1.807) is 0 Å². The molecule has 4 rings (SSSR count). The lowest BCUT2D eigenvalue weighted by molar-refractivity contribution is 0.0973. The highest BCUT2D eigenvalue weighted by molar-refractivity contribution is 7.23. The third-order valence-corrected chi connectivity index (χ3v) is 6.72. The number of nitrogens with two attached hydrogens (primary N) is 1. The highest BCUT2D eigenvalue weighted by Gasteiger charge is 2.14. The molecule has 4 aromatic rings. The highest BCUT2D eigenvalue weighted by Crippen LogP contribution is 2.29. The number of carbonyl (C=O) groups is 1. The van der Waals surface area contributed by atoms with Crippen LogP contribution in [0.5, 0.6) is 0 Å². The van der Waals surface area contributed by atoms with Gasteiger partial charge in [0.1, 0.15) is 10.5 Å². The van der Waals surface area contributed by atoms with Crippen LogP contribution >= 0.6 is 11.3 Å². The maximum Gasteiger partial charge on any atom is 0.196 e. The smallest absolute Gasteiger partial charge is 0.196 e. The van der Waals surface area contributed by atoms with E-state index < -0.39 is 0 Å². The molecule has 0 unspecified atom stereocenters. The largest absolute Gasteiger partial charge is 0.326 e. The molecule has 7 heteroatoms. The average Bonchev–Trinajstić information content (AvgIpc) is 3.36. The minimum absolute atomic E-state index is 0.119. The number of rotatable bonds is 10. The molecule has 0 fully saturated rings. The summed E-state index contributed by atoms with van der Waals surface area (Å²) in [5.41, 5.74) is 10.3. The van der Waals surface area contributed by atoms with Crippen LogP contribution in [0.3, 0.4) is 0 Å². The van der Waals surface area contributed by atoms with E-state index in [1.165, 1.54) is 11.3 Å². The van der Waals surface area contributed by atoms with Gasteiger partial charge in [0, 0.05) is 24.7 Å². The number of hydrogen-bond donors (Lipinski definition) is 1. The van der Waals surface area contributed by atoms with Crippen LogP contribution in [0.25, 0.3) is 26.6 Å². The van der Waals surface area contributed by atoms with Crippen LogP contribution < -0.4 is 5.73 Å². The van der Waals surface area contributed by atoms with E-state index >= 15 is 0 Å². The number of hydrogen-bond acceptors (Lipinski definition) is 6. The van der Waals surface area contributed by atoms with Gasteiger partial charge in [-0.05, 0) is 50.2 Å². The minimum atomic E-state index is 0.119. The molecule has 2 N–H and O–H groups in total. The van der Waals surface area contributed by atoms with Crippen LogP contribution in [0, 0.1) is 0 Å². The molecule has 1 aromatic carbocycles. The first-order valence-corrected chi connectivity index (χ1v) is 11.8. The zero-order valence-electron chi connectivity index (χ0n) is 18.2. The quantitative estimate of drug-likeness (QED) is 0.287. The van der Waals surface area contributed by atoms with Crippen molar-refractivity contribution in [1.82, 2.24) is 19.3 Å². The minimum Gasteiger partial charge on any atom is -0.326 e. The second-order valence-corrected chi connectivity index (χ2v) is 8.67. The summed E-state index contributed by atoms with van der Waals surface area (Å²) < 4.78 is 2.05. The number of ketones is 1. The normalized spacial score (nSPS) is 11.7. The van der Waals surface area contributed by atoms with Gasteiger partial charge < -0.3 is 10.6 Å². The van der Waals surface area contributed by atoms with E-state index in [0.717, 1.165) is 64.6 Å². The van der Waals surface area contributed by atoms with Gasteiger partial charge in [0.2, 0.25) is 0 Å². The molecule has 0 bridgehead atoms. The first-order chi connectivity index (χ1) is 15.1. The lowest BCUT2D eigenvalue weighted by atomic mass is 10.1. The Morgan fingerprint density at radius 1 is 1.06 bits per heavy atom. The number of Topliss-reactive ketones (excluding diaryl/α,β-unsaturated/α-hetero) is 1. The Labute approximate surface area is 186 Å². The first-order valence-electron chi connectivity index (χ1n) is 11.0. The average molecular weight is 436 g/mol. The molecule has 0 aliphatic carbocycles. The van der Waals surface area contributed by atoms with E-state index in [0.29, 0.717) is 18.7 Å². The molecular formula is C24H29N5OS. The number of carbonyl (C=O) groups excluding carboxylic acids is 1. The standard InChI is InChI=1S/C24H29N5OS/c1-3-28(4-2)14-6-5-7-22(30)19-12-13-21-23(26-19)31-24-27-20(16-29(21)24)18-10-8-17(15-25)9-11-18/h8-13,16H,3-7,14-15,25H2,1-2H3. The summed E-state index contributed by atoms with van der Waals surface area (Å²) in [6.07, 6.45) is 4.51. The second-order valence-electron chi connectivity index (χ2n) is 7.71. The van der Waals surface area contributed by atoms with Crippen molar-refractivity contribution >= 4 is 32.4 Å². The van der Waals surface area contributed by atoms with Gasteiger partial charge in [0.15, 0.2) is 10.7 Å². The van der Waals surface area contributed by atoms with Gasteiger partial charge >= 0.3 is 0 Å². The van der Waals surface area contributed by atoms with E-state index in [1.807, 2.05) is 42.6 Å². The molecule has 3 aromatic heterocycles. The summed E-state index contributed by atoms with van der Waals surface area (Å²) >= 11 is 1.52. The first kappa shape index (κ1) is 21.6. The molecule has 162 valence electrons. The molecule has 0 aliphatic heterocycles. The van der Waals surface area contributed by atoms with Gasteiger partial charge in [-0.3, -0.25) is 9.20 Å². The summed E-state index contributed by atoms with van der Waals surface area (Å²) in [4.78, 5) is 26.1. The van der Waals surface area contributed by atoms with Gasteiger partial charge in [0.25, 0.3) is 0 Å². The van der Waals surface area contributed by atoms with Crippen molar-refractivity contribution in [1.29, 1.82) is 0 Å². The number of nitrogens with zero attached hydrogens (tertiary/aromatic N) is 4. The van der Waals surface area contributed by atoms with E-state index in [4.69, 9.17) is 10.7 Å². The Bertz CT molecular complexity index is 1170. The maximum atomic E-state index is 12.6. The predicted molar refractivity (Wildman–Crippen MR) is 128 cm³/mol. The number of unbranched alkanes of at least 4 members (excludes halogenated alkanes) is 1.